The van der Waals surface area contributed by atoms with Gasteiger partial charge >= 0.3 is 0 Å². The van der Waals surface area contributed by atoms with Gasteiger partial charge in [0, 0.05) is 11.6 Å². The van der Waals surface area contributed by atoms with Crippen LogP contribution in [0.2, 0.25) is 0 Å². The molecule has 0 atom stereocenters. The zero-order chi connectivity index (χ0) is 11.9. The number of aliphatic hydroxyl groups excluding tert-OH is 1. The summed E-state index contributed by atoms with van der Waals surface area (Å²) in [6.45, 7) is 0.115. The summed E-state index contributed by atoms with van der Waals surface area (Å²) < 4.78 is 0. The zero-order valence-corrected chi connectivity index (χ0v) is 9.35. The van der Waals surface area contributed by atoms with Crippen molar-refractivity contribution in [3.05, 3.63) is 30.5 Å². The fourth-order valence-electron chi connectivity index (χ4n) is 1.98. The Morgan fingerprint density at radius 1 is 1.29 bits per heavy atom. The summed E-state index contributed by atoms with van der Waals surface area (Å²) in [5.74, 6) is 0.951. The third-order valence-corrected chi connectivity index (χ3v) is 3.29. The first-order valence-corrected chi connectivity index (χ1v) is 5.69. The molecule has 0 unspecified atom stereocenters. The highest BCUT2D eigenvalue weighted by Crippen LogP contribution is 2.39. The van der Waals surface area contributed by atoms with Crippen LogP contribution in [0.25, 0.3) is 10.8 Å². The molecule has 1 aliphatic rings. The van der Waals surface area contributed by atoms with Crippen LogP contribution in [0.3, 0.4) is 0 Å². The lowest BCUT2D eigenvalue weighted by molar-refractivity contribution is 0.266. The van der Waals surface area contributed by atoms with Gasteiger partial charge in [0.25, 0.3) is 0 Å². The molecule has 0 amide bonds. The molecule has 0 bridgehead atoms. The number of benzene rings is 1. The predicted octanol–water partition coefficient (Wildman–Crippen LogP) is 1.88. The number of nitrogens with one attached hydrogen (secondary N) is 1. The Morgan fingerprint density at radius 2 is 2.12 bits per heavy atom. The first kappa shape index (κ1) is 10.4. The van der Waals surface area contributed by atoms with Crippen molar-refractivity contribution in [2.45, 2.75) is 18.4 Å². The van der Waals surface area contributed by atoms with Gasteiger partial charge in [-0.1, -0.05) is 6.07 Å². The highest BCUT2D eigenvalue weighted by atomic mass is 16.3. The third-order valence-electron chi connectivity index (χ3n) is 3.29. The van der Waals surface area contributed by atoms with Crippen molar-refractivity contribution in [2.75, 3.05) is 11.9 Å². The molecule has 0 spiro atoms. The summed E-state index contributed by atoms with van der Waals surface area (Å²) in [6, 6.07) is 7.11. The lowest BCUT2D eigenvalue weighted by Crippen LogP contribution is -2.26. The van der Waals surface area contributed by atoms with Crippen LogP contribution in [0.15, 0.2) is 30.5 Å². The molecular formula is C13H14N2O2. The number of aromatic hydroxyl groups is 1. The number of phenolic OH excluding ortho intramolecular Hbond substituents is 1. The lowest BCUT2D eigenvalue weighted by atomic mass is 10.1. The molecule has 3 N–H and O–H groups in total. The molecule has 3 rings (SSSR count). The summed E-state index contributed by atoms with van der Waals surface area (Å²) in [5.41, 5.74) is -0.202. The summed E-state index contributed by atoms with van der Waals surface area (Å²) in [6.07, 6.45) is 3.65. The summed E-state index contributed by atoms with van der Waals surface area (Å²) in [4.78, 5) is 4.29. The Labute approximate surface area is 98.9 Å². The van der Waals surface area contributed by atoms with Crippen molar-refractivity contribution in [3.63, 3.8) is 0 Å². The van der Waals surface area contributed by atoms with Gasteiger partial charge in [0.1, 0.15) is 11.6 Å². The van der Waals surface area contributed by atoms with Crippen LogP contribution >= 0.6 is 0 Å². The van der Waals surface area contributed by atoms with Crippen molar-refractivity contribution < 1.29 is 10.2 Å². The number of phenols is 1. The van der Waals surface area contributed by atoms with Crippen LogP contribution in [0.1, 0.15) is 12.8 Å². The molecule has 88 valence electrons. The number of aliphatic hydroxyl groups is 1. The maximum atomic E-state index is 9.52. The highest BCUT2D eigenvalue weighted by Gasteiger charge is 2.42. The van der Waals surface area contributed by atoms with Crippen molar-refractivity contribution in [1.29, 1.82) is 0 Å². The molecule has 0 radical (unpaired) electrons. The lowest BCUT2D eigenvalue weighted by Gasteiger charge is -2.16. The summed E-state index contributed by atoms with van der Waals surface area (Å²) >= 11 is 0. The number of hydrogen-bond acceptors (Lipinski definition) is 4. The second kappa shape index (κ2) is 3.60. The second-order valence-electron chi connectivity index (χ2n) is 4.63. The van der Waals surface area contributed by atoms with Gasteiger partial charge in [0.15, 0.2) is 0 Å². The quantitative estimate of drug-likeness (QED) is 0.753. The molecule has 1 saturated carbocycles. The van der Waals surface area contributed by atoms with Gasteiger partial charge < -0.3 is 15.5 Å². The molecule has 1 aromatic heterocycles. The fourth-order valence-corrected chi connectivity index (χ4v) is 1.98. The van der Waals surface area contributed by atoms with Gasteiger partial charge in [-0.25, -0.2) is 4.98 Å². The monoisotopic (exact) mass is 230 g/mol. The molecule has 2 aromatic rings. The van der Waals surface area contributed by atoms with E-state index in [0.717, 1.165) is 29.4 Å². The average Bonchev–Trinajstić information content (AvgIpc) is 3.11. The zero-order valence-electron chi connectivity index (χ0n) is 9.35. The SMILES string of the molecule is OCC1(Nc2nccc3ccc(O)cc23)CC1. The molecule has 1 aliphatic carbocycles. The van der Waals surface area contributed by atoms with E-state index in [-0.39, 0.29) is 17.9 Å². The van der Waals surface area contributed by atoms with E-state index in [9.17, 15) is 10.2 Å². The summed E-state index contributed by atoms with van der Waals surface area (Å²) in [5, 5.41) is 24.0. The van der Waals surface area contributed by atoms with E-state index in [0.29, 0.717) is 0 Å². The van der Waals surface area contributed by atoms with Gasteiger partial charge in [-0.05, 0) is 36.4 Å². The van der Waals surface area contributed by atoms with Gasteiger partial charge in [-0.2, -0.15) is 0 Å². The van der Waals surface area contributed by atoms with Crippen LogP contribution in [-0.2, 0) is 0 Å². The number of hydrogen-bond donors (Lipinski definition) is 3. The smallest absolute Gasteiger partial charge is 0.134 e. The number of fused-ring (bicyclic) bond motifs is 1. The molecule has 4 heteroatoms. The molecular weight excluding hydrogens is 216 g/mol. The van der Waals surface area contributed by atoms with Crippen molar-refractivity contribution in [2.24, 2.45) is 0 Å². The van der Waals surface area contributed by atoms with E-state index >= 15 is 0 Å². The van der Waals surface area contributed by atoms with Crippen LogP contribution in [0.5, 0.6) is 5.75 Å². The number of rotatable bonds is 3. The van der Waals surface area contributed by atoms with Crippen LogP contribution < -0.4 is 5.32 Å². The Balaban J connectivity index is 2.06. The standard InChI is InChI=1S/C13H14N2O2/c16-8-13(4-5-13)15-12-11-7-10(17)2-1-9(11)3-6-14-12/h1-3,6-7,16-17H,4-5,8H2,(H,14,15). The Hall–Kier alpha value is -1.81. The minimum atomic E-state index is -0.202. The van der Waals surface area contributed by atoms with Crippen LogP contribution in [0.4, 0.5) is 5.82 Å². The molecule has 4 nitrogen and oxygen atoms in total. The number of anilines is 1. The first-order chi connectivity index (χ1) is 8.22. The molecule has 0 aliphatic heterocycles. The van der Waals surface area contributed by atoms with Crippen molar-refractivity contribution in [3.8, 4) is 5.75 Å². The topological polar surface area (TPSA) is 65.4 Å². The minimum Gasteiger partial charge on any atom is -0.508 e. The highest BCUT2D eigenvalue weighted by molar-refractivity contribution is 5.93. The van der Waals surface area contributed by atoms with Gasteiger partial charge in [-0.3, -0.25) is 0 Å². The number of pyridine rings is 1. The normalized spacial score (nSPS) is 17.0. The molecule has 1 aromatic carbocycles. The third kappa shape index (κ3) is 1.80. The fraction of sp³-hybridized carbons (Fsp3) is 0.308. The van der Waals surface area contributed by atoms with E-state index in [1.54, 1.807) is 18.3 Å². The molecule has 1 fully saturated rings. The second-order valence-corrected chi connectivity index (χ2v) is 4.63. The van der Waals surface area contributed by atoms with Crippen LogP contribution in [0, 0.1) is 0 Å². The molecule has 0 saturated heterocycles. The Kier molecular flexibility index (Phi) is 2.19. The summed E-state index contributed by atoms with van der Waals surface area (Å²) in [7, 11) is 0. The molecule has 1 heterocycles. The van der Waals surface area contributed by atoms with Gasteiger partial charge in [0.05, 0.1) is 12.1 Å². The van der Waals surface area contributed by atoms with Crippen LogP contribution in [-0.4, -0.2) is 27.3 Å². The molecule has 17 heavy (non-hydrogen) atoms. The van der Waals surface area contributed by atoms with E-state index in [2.05, 4.69) is 10.3 Å². The van der Waals surface area contributed by atoms with E-state index in [1.165, 1.54) is 0 Å². The number of nitrogens with zero attached hydrogens (tertiary/aromatic N) is 1. The van der Waals surface area contributed by atoms with Crippen molar-refractivity contribution in [1.82, 2.24) is 4.98 Å². The van der Waals surface area contributed by atoms with Crippen molar-refractivity contribution >= 4 is 16.6 Å². The van der Waals surface area contributed by atoms with Gasteiger partial charge in [-0.15, -0.1) is 0 Å². The maximum absolute atomic E-state index is 9.52. The van der Waals surface area contributed by atoms with E-state index in [1.807, 2.05) is 12.1 Å². The Morgan fingerprint density at radius 3 is 2.82 bits per heavy atom. The van der Waals surface area contributed by atoms with E-state index < -0.39 is 0 Å². The number of aromatic nitrogens is 1. The van der Waals surface area contributed by atoms with Gasteiger partial charge in [0.2, 0.25) is 0 Å². The van der Waals surface area contributed by atoms with E-state index in [4.69, 9.17) is 0 Å². The first-order valence-electron chi connectivity index (χ1n) is 5.69. The predicted molar refractivity (Wildman–Crippen MR) is 66.1 cm³/mol. The maximum Gasteiger partial charge on any atom is 0.134 e. The minimum absolute atomic E-state index is 0.115. The average molecular weight is 230 g/mol. The largest absolute Gasteiger partial charge is 0.508 e. The Bertz CT molecular complexity index is 564.